The summed E-state index contributed by atoms with van der Waals surface area (Å²) in [4.78, 5) is 0. The van der Waals surface area contributed by atoms with Crippen LogP contribution in [0.3, 0.4) is 0 Å². The van der Waals surface area contributed by atoms with Gasteiger partial charge in [0.15, 0.2) is 5.69 Å². The van der Waals surface area contributed by atoms with Crippen LogP contribution in [-0.2, 0) is 13.0 Å². The summed E-state index contributed by atoms with van der Waals surface area (Å²) in [7, 11) is 0. The molecule has 156 valence electrons. The lowest BCUT2D eigenvalue weighted by Gasteiger charge is -2.08. The van der Waals surface area contributed by atoms with Crippen LogP contribution in [0.5, 0.6) is 5.75 Å². The zero-order valence-electron chi connectivity index (χ0n) is 18.1. The van der Waals surface area contributed by atoms with Crippen molar-refractivity contribution in [3.8, 4) is 33.8 Å². The summed E-state index contributed by atoms with van der Waals surface area (Å²) in [5, 5.41) is 0. The van der Waals surface area contributed by atoms with Crippen molar-refractivity contribution < 1.29 is 9.30 Å². The van der Waals surface area contributed by atoms with E-state index in [-0.39, 0.29) is 0 Å². The zero-order valence-corrected chi connectivity index (χ0v) is 18.1. The van der Waals surface area contributed by atoms with E-state index in [9.17, 15) is 0 Å². The Balaban J connectivity index is 1.58. The molecule has 0 bridgehead atoms. The van der Waals surface area contributed by atoms with E-state index >= 15 is 0 Å². The number of aryl methyl sites for hydroxylation is 1. The predicted octanol–water partition coefficient (Wildman–Crippen LogP) is 6.22. The van der Waals surface area contributed by atoms with Crippen LogP contribution in [0.2, 0.25) is 0 Å². The maximum atomic E-state index is 5.67. The van der Waals surface area contributed by atoms with E-state index in [0.29, 0.717) is 6.61 Å². The van der Waals surface area contributed by atoms with Crippen LogP contribution in [0.4, 0.5) is 0 Å². The lowest BCUT2D eigenvalue weighted by Crippen LogP contribution is -2.35. The molecule has 0 N–H and O–H groups in total. The first-order chi connectivity index (χ1) is 15.3. The minimum atomic E-state index is 0.688. The van der Waals surface area contributed by atoms with Crippen LogP contribution in [0.15, 0.2) is 85.1 Å². The Morgan fingerprint density at radius 2 is 1.48 bits per heavy atom. The Bertz CT molecular complexity index is 1140. The summed E-state index contributed by atoms with van der Waals surface area (Å²) < 4.78 is 10.6. The van der Waals surface area contributed by atoms with Crippen molar-refractivity contribution in [2.45, 2.75) is 39.2 Å². The predicted molar refractivity (Wildman–Crippen MR) is 126 cm³/mol. The molecule has 0 spiro atoms. The van der Waals surface area contributed by atoms with Crippen LogP contribution in [0, 0.1) is 0 Å². The molecular formula is C28H29N2O+. The standard InChI is InChI=1S/C28H29N2O/c1-2-31-26-18-16-25(17-19-26)30-27(21-29-20-8-4-7-11-28(29)30)24-14-12-23(13-15-24)22-9-5-3-6-10-22/h3,5-6,9-10,12-19,21H,2,4,7-8,11,20H2,1H3/q+1. The number of benzene rings is 3. The van der Waals surface area contributed by atoms with Crippen LogP contribution in [0.1, 0.15) is 32.0 Å². The minimum Gasteiger partial charge on any atom is -0.494 e. The average molecular weight is 410 g/mol. The molecule has 0 amide bonds. The van der Waals surface area contributed by atoms with E-state index in [1.165, 1.54) is 53.2 Å². The topological polar surface area (TPSA) is 18.0 Å². The Hall–Kier alpha value is -3.33. The van der Waals surface area contributed by atoms with Gasteiger partial charge in [-0.05, 0) is 73.7 Å². The van der Waals surface area contributed by atoms with E-state index in [4.69, 9.17) is 4.74 Å². The maximum absolute atomic E-state index is 5.67. The van der Waals surface area contributed by atoms with Crippen molar-refractivity contribution in [2.75, 3.05) is 6.61 Å². The quantitative estimate of drug-likeness (QED) is 0.358. The van der Waals surface area contributed by atoms with Crippen LogP contribution in [0.25, 0.3) is 28.1 Å². The fraction of sp³-hybridized carbons (Fsp3) is 0.250. The maximum Gasteiger partial charge on any atom is 0.262 e. The largest absolute Gasteiger partial charge is 0.494 e. The third-order valence-corrected chi connectivity index (χ3v) is 6.10. The van der Waals surface area contributed by atoms with Crippen molar-refractivity contribution in [1.29, 1.82) is 0 Å². The second kappa shape index (κ2) is 8.81. The molecule has 2 heterocycles. The van der Waals surface area contributed by atoms with Gasteiger partial charge in [-0.1, -0.05) is 42.5 Å². The first kappa shape index (κ1) is 19.6. The summed E-state index contributed by atoms with van der Waals surface area (Å²) >= 11 is 0. The van der Waals surface area contributed by atoms with E-state index < -0.39 is 0 Å². The van der Waals surface area contributed by atoms with E-state index in [1.54, 1.807) is 0 Å². The monoisotopic (exact) mass is 409 g/mol. The molecule has 31 heavy (non-hydrogen) atoms. The third-order valence-electron chi connectivity index (χ3n) is 6.10. The second-order valence-electron chi connectivity index (χ2n) is 8.14. The lowest BCUT2D eigenvalue weighted by atomic mass is 10.0. The van der Waals surface area contributed by atoms with Gasteiger partial charge in [-0.15, -0.1) is 0 Å². The number of hydrogen-bond acceptors (Lipinski definition) is 1. The lowest BCUT2D eigenvalue weighted by molar-refractivity contribution is -0.702. The van der Waals surface area contributed by atoms with Crippen molar-refractivity contribution in [1.82, 2.24) is 4.57 Å². The fourth-order valence-electron chi connectivity index (χ4n) is 4.55. The highest BCUT2D eigenvalue weighted by molar-refractivity contribution is 5.69. The highest BCUT2D eigenvalue weighted by atomic mass is 16.5. The minimum absolute atomic E-state index is 0.688. The van der Waals surface area contributed by atoms with Gasteiger partial charge in [0.25, 0.3) is 5.82 Å². The van der Waals surface area contributed by atoms with Crippen LogP contribution >= 0.6 is 0 Å². The first-order valence-corrected chi connectivity index (χ1v) is 11.4. The van der Waals surface area contributed by atoms with E-state index in [1.807, 2.05) is 6.92 Å². The van der Waals surface area contributed by atoms with Crippen molar-refractivity contribution in [2.24, 2.45) is 0 Å². The van der Waals surface area contributed by atoms with Gasteiger partial charge in [0.1, 0.15) is 17.6 Å². The molecule has 0 unspecified atom stereocenters. The summed E-state index contributed by atoms with van der Waals surface area (Å²) in [6.45, 7) is 3.80. The number of rotatable bonds is 5. The molecule has 5 rings (SSSR count). The molecule has 0 radical (unpaired) electrons. The average Bonchev–Trinajstić information content (AvgIpc) is 3.03. The number of imidazole rings is 1. The number of hydrogen-bond donors (Lipinski definition) is 0. The molecule has 0 aliphatic carbocycles. The molecule has 0 saturated carbocycles. The number of fused-ring (bicyclic) bond motifs is 1. The summed E-state index contributed by atoms with van der Waals surface area (Å²) in [5.41, 5.74) is 6.19. The molecular weight excluding hydrogens is 380 g/mol. The van der Waals surface area contributed by atoms with Crippen LogP contribution in [-0.4, -0.2) is 11.2 Å². The Labute approximate surface area is 184 Å². The fourth-order valence-corrected chi connectivity index (χ4v) is 4.55. The molecule has 1 aliphatic rings. The molecule has 3 nitrogen and oxygen atoms in total. The van der Waals surface area contributed by atoms with Gasteiger partial charge in [0.05, 0.1) is 13.2 Å². The molecule has 3 aromatic carbocycles. The second-order valence-corrected chi connectivity index (χ2v) is 8.14. The van der Waals surface area contributed by atoms with Crippen LogP contribution < -0.4 is 9.30 Å². The van der Waals surface area contributed by atoms with Gasteiger partial charge in [0.2, 0.25) is 0 Å². The zero-order chi connectivity index (χ0) is 21.0. The van der Waals surface area contributed by atoms with Gasteiger partial charge in [-0.3, -0.25) is 0 Å². The van der Waals surface area contributed by atoms with Crippen molar-refractivity contribution >= 4 is 0 Å². The Morgan fingerprint density at radius 3 is 2.23 bits per heavy atom. The van der Waals surface area contributed by atoms with Crippen molar-refractivity contribution in [3.05, 3.63) is 90.9 Å². The normalized spacial score (nSPS) is 13.5. The highest BCUT2D eigenvalue weighted by Gasteiger charge is 2.27. The van der Waals surface area contributed by atoms with Gasteiger partial charge < -0.3 is 4.74 Å². The molecule has 4 aromatic rings. The number of nitrogens with zero attached hydrogens (tertiary/aromatic N) is 2. The summed E-state index contributed by atoms with van der Waals surface area (Å²) in [5.74, 6) is 2.31. The van der Waals surface area contributed by atoms with E-state index in [0.717, 1.165) is 18.7 Å². The molecule has 1 aliphatic heterocycles. The summed E-state index contributed by atoms with van der Waals surface area (Å²) in [6, 6.07) is 28.1. The molecule has 0 atom stereocenters. The van der Waals surface area contributed by atoms with Gasteiger partial charge in [0, 0.05) is 12.0 Å². The smallest absolute Gasteiger partial charge is 0.262 e. The molecule has 3 heteroatoms. The van der Waals surface area contributed by atoms with E-state index in [2.05, 4.69) is 94.2 Å². The summed E-state index contributed by atoms with van der Waals surface area (Å²) in [6.07, 6.45) is 7.24. The van der Waals surface area contributed by atoms with Gasteiger partial charge in [-0.25, -0.2) is 4.57 Å². The van der Waals surface area contributed by atoms with Gasteiger partial charge >= 0.3 is 0 Å². The molecule has 0 saturated heterocycles. The molecule has 0 fully saturated rings. The Morgan fingerprint density at radius 1 is 0.774 bits per heavy atom. The molecule has 1 aromatic heterocycles. The van der Waals surface area contributed by atoms with Crippen molar-refractivity contribution in [3.63, 3.8) is 0 Å². The highest BCUT2D eigenvalue weighted by Crippen LogP contribution is 2.29. The number of aromatic nitrogens is 2. The first-order valence-electron chi connectivity index (χ1n) is 11.4. The number of ether oxygens (including phenoxy) is 1. The SMILES string of the molecule is CCOc1ccc(-n2c(-c3ccc(-c4ccccc4)cc3)c[n+]3c2CCCCC3)cc1. The Kier molecular flexibility index (Phi) is 5.57. The third kappa shape index (κ3) is 4.00. The van der Waals surface area contributed by atoms with Gasteiger partial charge in [-0.2, -0.15) is 4.57 Å².